The van der Waals surface area contributed by atoms with Crippen molar-refractivity contribution in [1.29, 1.82) is 0 Å². The van der Waals surface area contributed by atoms with Crippen molar-refractivity contribution in [2.45, 2.75) is 23.6 Å². The Labute approximate surface area is 249 Å². The van der Waals surface area contributed by atoms with E-state index in [4.69, 9.17) is 49.2 Å². The largest absolute Gasteiger partial charge is 0.477 e. The minimum atomic E-state index is -4.09. The monoisotopic (exact) mass is 694 g/mol. The van der Waals surface area contributed by atoms with Gasteiger partial charge in [0.25, 0.3) is 25.0 Å². The third-order valence-corrected chi connectivity index (χ3v) is 9.91. The number of nitrogen functional groups attached to an aromatic ring is 1. The number of aryl methyl sites for hydroxylation is 2. The Balaban J connectivity index is 0.000000230. The molecule has 4 rings (SSSR count). The summed E-state index contributed by atoms with van der Waals surface area (Å²) in [5.74, 6) is -2.09. The molecule has 0 fully saturated rings. The van der Waals surface area contributed by atoms with E-state index in [9.17, 15) is 26.4 Å². The zero-order valence-electron chi connectivity index (χ0n) is 20.2. The number of nitrogens with one attached hydrogen (secondary N) is 1. The molecule has 4 aromatic rings. The quantitative estimate of drug-likeness (QED) is 0.181. The van der Waals surface area contributed by atoms with Crippen molar-refractivity contribution in [2.75, 3.05) is 17.6 Å². The molecule has 0 amide bonds. The number of aromatic carboxylic acids is 1. The molecule has 21 heteroatoms. The number of nitrogens with two attached hydrogens (primary N) is 1. The highest BCUT2D eigenvalue weighted by atomic mass is 35.7. The van der Waals surface area contributed by atoms with Crippen LogP contribution in [-0.4, -0.2) is 51.3 Å². The maximum Gasteiger partial charge on any atom is 0.349 e. The van der Waals surface area contributed by atoms with Crippen LogP contribution >= 0.6 is 56.6 Å². The van der Waals surface area contributed by atoms with Crippen molar-refractivity contribution in [1.82, 2.24) is 10.3 Å². The molecule has 4 N–H and O–H groups in total. The predicted octanol–water partition coefficient (Wildman–Crippen LogP) is 4.88. The fraction of sp³-hybridized carbons (Fsp3) is 0.158. The van der Waals surface area contributed by atoms with Gasteiger partial charge in [-0.1, -0.05) is 33.5 Å². The molecule has 0 bridgehead atoms. The predicted molar refractivity (Wildman–Crippen MR) is 148 cm³/mol. The lowest BCUT2D eigenvalue weighted by Gasteiger charge is -2.04. The van der Waals surface area contributed by atoms with E-state index < -0.39 is 31.0 Å². The minimum absolute atomic E-state index is 0.00231. The second kappa shape index (κ2) is 13.7. The molecule has 0 aromatic carbocycles. The number of hydrogen-bond acceptors (Lipinski definition) is 14. The standard InChI is InChI=1S/C9H7ClN2O5S2.C6H5ClO4S2.C4H5ClN2O/c1-4-6(10)8(17-11-4)12-19(15,16)5-2-3-18-7(5)9(13)14;1-11-6(8)5-4(2-3-12-5)13(7,9)10;1-2-3(5)4(6)8-7-2/h2-3,12H,1H3,(H,13,14);2-3H,1H3;6H2,1H3. The Morgan fingerprint density at radius 1 is 0.975 bits per heavy atom. The highest BCUT2D eigenvalue weighted by Crippen LogP contribution is 2.30. The molecule has 0 aliphatic rings. The lowest BCUT2D eigenvalue weighted by molar-refractivity contribution is 0.0601. The van der Waals surface area contributed by atoms with E-state index in [1.54, 1.807) is 6.92 Å². The SMILES string of the molecule is COC(=O)c1sccc1S(=O)(=O)Cl.Cc1noc(N)c1Cl.Cc1noc(NS(=O)(=O)c2ccsc2C(=O)O)c1Cl. The minimum Gasteiger partial charge on any atom is -0.477 e. The first-order valence-electron chi connectivity index (χ1n) is 9.94. The zero-order valence-corrected chi connectivity index (χ0v) is 25.7. The van der Waals surface area contributed by atoms with Crippen molar-refractivity contribution in [2.24, 2.45) is 0 Å². The Morgan fingerprint density at radius 3 is 1.90 bits per heavy atom. The number of hydrogen-bond donors (Lipinski definition) is 3. The molecule has 14 nitrogen and oxygen atoms in total. The van der Waals surface area contributed by atoms with E-state index in [-0.39, 0.29) is 36.3 Å². The molecule has 40 heavy (non-hydrogen) atoms. The van der Waals surface area contributed by atoms with E-state index >= 15 is 0 Å². The number of nitrogens with zero attached hydrogens (tertiary/aromatic N) is 2. The van der Waals surface area contributed by atoms with E-state index in [1.807, 2.05) is 0 Å². The fourth-order valence-corrected chi connectivity index (χ4v) is 7.19. The van der Waals surface area contributed by atoms with Gasteiger partial charge in [0.1, 0.15) is 41.0 Å². The summed E-state index contributed by atoms with van der Waals surface area (Å²) in [4.78, 5) is 21.1. The van der Waals surface area contributed by atoms with Gasteiger partial charge in [0.05, 0.1) is 7.11 Å². The average molecular weight is 696 g/mol. The first kappa shape index (κ1) is 33.3. The first-order chi connectivity index (χ1) is 18.5. The van der Waals surface area contributed by atoms with Crippen LogP contribution in [0, 0.1) is 13.8 Å². The summed E-state index contributed by atoms with van der Waals surface area (Å²) in [7, 11) is -1.71. The van der Waals surface area contributed by atoms with Crippen molar-refractivity contribution in [3.63, 3.8) is 0 Å². The van der Waals surface area contributed by atoms with Gasteiger partial charge in [0.2, 0.25) is 5.88 Å². The molecule has 0 radical (unpaired) electrons. The van der Waals surface area contributed by atoms with E-state index in [1.165, 1.54) is 36.9 Å². The van der Waals surface area contributed by atoms with E-state index in [0.29, 0.717) is 16.4 Å². The van der Waals surface area contributed by atoms with Gasteiger partial charge in [-0.2, -0.15) is 0 Å². The van der Waals surface area contributed by atoms with Crippen LogP contribution in [0.2, 0.25) is 10.0 Å². The number of aromatic nitrogens is 2. The molecule has 0 saturated heterocycles. The maximum absolute atomic E-state index is 12.0. The number of carbonyl (C=O) groups is 2. The summed E-state index contributed by atoms with van der Waals surface area (Å²) in [5, 5.41) is 19.1. The van der Waals surface area contributed by atoms with Crippen molar-refractivity contribution in [3.05, 3.63) is 54.1 Å². The van der Waals surface area contributed by atoms with Crippen LogP contribution in [0.15, 0.2) is 41.7 Å². The van der Waals surface area contributed by atoms with Crippen LogP contribution in [0.25, 0.3) is 0 Å². The maximum atomic E-state index is 12.0. The van der Waals surface area contributed by atoms with Crippen molar-refractivity contribution in [3.8, 4) is 0 Å². The Bertz CT molecular complexity index is 1710. The fourth-order valence-electron chi connectivity index (χ4n) is 2.37. The number of carbonyl (C=O) groups excluding carboxylic acids is 1. The number of carboxylic acids is 1. The van der Waals surface area contributed by atoms with Gasteiger partial charge < -0.3 is 24.6 Å². The molecule has 4 heterocycles. The number of halogens is 3. The number of esters is 1. The average Bonchev–Trinajstić information content (AvgIpc) is 3.67. The van der Waals surface area contributed by atoms with Crippen molar-refractivity contribution >= 4 is 99.3 Å². The second-order valence-corrected chi connectivity index (χ2v) is 13.7. The normalized spacial score (nSPS) is 11.1. The van der Waals surface area contributed by atoms with Crippen molar-refractivity contribution < 1.29 is 45.3 Å². The van der Waals surface area contributed by atoms with Gasteiger partial charge in [-0.05, 0) is 36.7 Å². The Hall–Kier alpha value is -2.87. The van der Waals surface area contributed by atoms with Crippen LogP contribution in [0.5, 0.6) is 0 Å². The van der Waals surface area contributed by atoms with Crippen LogP contribution in [0.3, 0.4) is 0 Å². The summed E-state index contributed by atoms with van der Waals surface area (Å²) in [6.45, 7) is 3.26. The van der Waals surface area contributed by atoms with Crippen LogP contribution in [0.4, 0.5) is 11.8 Å². The third-order valence-electron chi connectivity index (χ3n) is 4.21. The number of methoxy groups -OCH3 is 1. The molecule has 0 saturated carbocycles. The van der Waals surface area contributed by atoms with Gasteiger partial charge in [0.15, 0.2) is 0 Å². The number of carboxylic acid groups (broad SMARTS) is 1. The summed E-state index contributed by atoms with van der Waals surface area (Å²) in [5.41, 5.74) is 6.13. The number of ether oxygens (including phenoxy) is 1. The molecule has 4 aromatic heterocycles. The third kappa shape index (κ3) is 8.32. The molecule has 0 aliphatic carbocycles. The smallest absolute Gasteiger partial charge is 0.349 e. The topological polar surface area (TPSA) is 222 Å². The Kier molecular flexibility index (Phi) is 11.4. The number of rotatable bonds is 6. The van der Waals surface area contributed by atoms with Crippen LogP contribution < -0.4 is 10.5 Å². The molecule has 0 atom stereocenters. The second-order valence-electron chi connectivity index (χ2n) is 6.93. The molecule has 0 aliphatic heterocycles. The van der Waals surface area contributed by atoms with E-state index in [0.717, 1.165) is 22.7 Å². The van der Waals surface area contributed by atoms with Crippen LogP contribution in [-0.2, 0) is 23.8 Å². The molecule has 0 spiro atoms. The van der Waals surface area contributed by atoms with E-state index in [2.05, 4.69) is 24.3 Å². The van der Waals surface area contributed by atoms with Gasteiger partial charge in [-0.25, -0.2) is 31.1 Å². The molecular formula is C19H17Cl3N4O10S4. The van der Waals surface area contributed by atoms with Gasteiger partial charge >= 0.3 is 11.9 Å². The summed E-state index contributed by atoms with van der Waals surface area (Å²) in [6, 6.07) is 2.45. The van der Waals surface area contributed by atoms with Gasteiger partial charge in [-0.15, -0.1) is 22.7 Å². The number of anilines is 2. The summed E-state index contributed by atoms with van der Waals surface area (Å²) >= 11 is 13.1. The van der Waals surface area contributed by atoms with Gasteiger partial charge in [0, 0.05) is 10.7 Å². The summed E-state index contributed by atoms with van der Waals surface area (Å²) in [6.07, 6.45) is 0. The Morgan fingerprint density at radius 2 is 1.50 bits per heavy atom. The number of sulfonamides is 1. The first-order valence-corrected chi connectivity index (χ1v) is 16.2. The highest BCUT2D eigenvalue weighted by molar-refractivity contribution is 8.13. The molecular weight excluding hydrogens is 679 g/mol. The zero-order chi connectivity index (χ0) is 30.4. The highest BCUT2D eigenvalue weighted by Gasteiger charge is 2.26. The summed E-state index contributed by atoms with van der Waals surface area (Å²) < 4.78 is 61.5. The van der Waals surface area contributed by atoms with Crippen LogP contribution in [0.1, 0.15) is 30.7 Å². The lowest BCUT2D eigenvalue weighted by Crippen LogP contribution is -2.15. The molecule has 218 valence electrons. The molecule has 0 unspecified atom stereocenters. The lowest BCUT2D eigenvalue weighted by atomic mass is 10.5. The van der Waals surface area contributed by atoms with Gasteiger partial charge in [-0.3, -0.25) is 0 Å². The number of thiophene rings is 2.